The number of guanidine groups is 1. The Kier molecular flexibility index (Phi) is 7.47. The van der Waals surface area contributed by atoms with Crippen molar-refractivity contribution in [3.8, 4) is 0 Å². The van der Waals surface area contributed by atoms with Gasteiger partial charge >= 0.3 is 11.9 Å². The minimum Gasteiger partial charge on any atom is -0.542 e. The molecule has 0 saturated heterocycles. The Hall–Kier alpha value is -2.12. The van der Waals surface area contributed by atoms with Crippen LogP contribution in [0.4, 0.5) is 0 Å². The monoisotopic (exact) mass is 219 g/mol. The van der Waals surface area contributed by atoms with E-state index in [0.29, 0.717) is 0 Å². The maximum absolute atomic E-state index is 9.95. The molecule has 0 heterocycles. The van der Waals surface area contributed by atoms with Crippen LogP contribution in [0.1, 0.15) is 6.92 Å². The van der Waals surface area contributed by atoms with Crippen LogP contribution in [-0.2, 0) is 14.4 Å². The molecular formula is C7H13N3O5. The van der Waals surface area contributed by atoms with Crippen LogP contribution in [0.5, 0.6) is 0 Å². The topological polar surface area (TPSA) is 150 Å². The van der Waals surface area contributed by atoms with Gasteiger partial charge in [0.15, 0.2) is 12.3 Å². The average molecular weight is 219 g/mol. The van der Waals surface area contributed by atoms with Crippen molar-refractivity contribution in [2.24, 2.45) is 11.5 Å². The van der Waals surface area contributed by atoms with Crippen LogP contribution in [0, 0.1) is 0 Å². The number of hydrogen-bond acceptors (Lipinski definition) is 4. The summed E-state index contributed by atoms with van der Waals surface area (Å²) < 4.78 is 1.24. The molecule has 0 aliphatic carbocycles. The Balaban J connectivity index is 0. The van der Waals surface area contributed by atoms with Gasteiger partial charge in [-0.05, 0) is 0 Å². The van der Waals surface area contributed by atoms with Gasteiger partial charge in [0.1, 0.15) is 5.97 Å². The van der Waals surface area contributed by atoms with E-state index in [1.807, 2.05) is 0 Å². The van der Waals surface area contributed by atoms with Gasteiger partial charge in [0.25, 0.3) is 0 Å². The first kappa shape index (κ1) is 15.4. The molecule has 0 aliphatic rings. The Morgan fingerprint density at radius 1 is 1.33 bits per heavy atom. The van der Waals surface area contributed by atoms with Crippen LogP contribution in [0.3, 0.4) is 0 Å². The smallest absolute Gasteiger partial charge is 0.341 e. The molecule has 0 saturated carbocycles. The van der Waals surface area contributed by atoms with E-state index in [4.69, 9.17) is 16.6 Å². The second-order valence-corrected chi connectivity index (χ2v) is 2.52. The fourth-order valence-electron chi connectivity index (χ4n) is 0.294. The molecule has 0 spiro atoms. The zero-order valence-corrected chi connectivity index (χ0v) is 8.39. The summed E-state index contributed by atoms with van der Waals surface area (Å²) in [6.45, 7) is 0.775. The van der Waals surface area contributed by atoms with Gasteiger partial charge in [-0.2, -0.15) is 0 Å². The van der Waals surface area contributed by atoms with Crippen molar-refractivity contribution < 1.29 is 29.2 Å². The van der Waals surface area contributed by atoms with E-state index >= 15 is 0 Å². The fraction of sp³-hybridized carbons (Fsp3) is 0.429. The number of carbonyl (C=O) groups is 3. The van der Waals surface area contributed by atoms with Gasteiger partial charge in [-0.25, -0.2) is 4.79 Å². The van der Waals surface area contributed by atoms with Gasteiger partial charge in [-0.3, -0.25) is 20.8 Å². The highest BCUT2D eigenvalue weighted by molar-refractivity contribution is 6.30. The third-order valence-electron chi connectivity index (χ3n) is 1.10. The standard InChI is InChI=1S/C4H9N3O2.C3H4O3/c1-7(4(5)6)2-3(8)9;1-2(4)3(5)6/h2H2,1H3,(H4,5,6,8,9);1H3,(H,5,6). The number of carboxylic acids is 2. The van der Waals surface area contributed by atoms with E-state index in [1.54, 1.807) is 0 Å². The van der Waals surface area contributed by atoms with Crippen LogP contribution >= 0.6 is 0 Å². The van der Waals surface area contributed by atoms with E-state index in [-0.39, 0.29) is 12.5 Å². The quantitative estimate of drug-likeness (QED) is 0.191. The Labute approximate surface area is 85.8 Å². The van der Waals surface area contributed by atoms with Crippen molar-refractivity contribution in [1.29, 1.82) is 0 Å². The molecule has 0 aromatic rings. The molecule has 0 radical (unpaired) electrons. The van der Waals surface area contributed by atoms with E-state index in [9.17, 15) is 19.5 Å². The highest BCUT2D eigenvalue weighted by Gasteiger charge is 2.01. The molecule has 0 aromatic carbocycles. The lowest BCUT2D eigenvalue weighted by molar-refractivity contribution is -0.489. The van der Waals surface area contributed by atoms with Crippen molar-refractivity contribution in [2.45, 2.75) is 6.92 Å². The molecule has 0 atom stereocenters. The van der Waals surface area contributed by atoms with Crippen LogP contribution in [0.15, 0.2) is 0 Å². The Morgan fingerprint density at radius 3 is 1.73 bits per heavy atom. The van der Waals surface area contributed by atoms with Crippen molar-refractivity contribution in [3.63, 3.8) is 0 Å². The summed E-state index contributed by atoms with van der Waals surface area (Å²) in [5.74, 6) is -3.51. The summed E-state index contributed by atoms with van der Waals surface area (Å²) in [5.41, 5.74) is 10.1. The maximum atomic E-state index is 9.95. The first-order valence-corrected chi connectivity index (χ1v) is 3.71. The SMILES string of the molecule is CC(=O)C(=O)[O-].C[N+](CC(=O)O)=C(N)N. The predicted octanol–water partition coefficient (Wildman–Crippen LogP) is -3.69. The van der Waals surface area contributed by atoms with Gasteiger partial charge in [0.05, 0.1) is 7.05 Å². The molecule has 5 N–H and O–H groups in total. The number of ketones is 1. The third-order valence-corrected chi connectivity index (χ3v) is 1.10. The summed E-state index contributed by atoms with van der Waals surface area (Å²) in [4.78, 5) is 28.7. The first-order chi connectivity index (χ1) is 6.68. The molecule has 86 valence electrons. The van der Waals surface area contributed by atoms with E-state index in [0.717, 1.165) is 6.92 Å². The van der Waals surface area contributed by atoms with Gasteiger partial charge in [0.2, 0.25) is 0 Å². The number of aliphatic carboxylic acids is 2. The van der Waals surface area contributed by atoms with Crippen LogP contribution in [0.2, 0.25) is 0 Å². The highest BCUT2D eigenvalue weighted by atomic mass is 16.4. The van der Waals surface area contributed by atoms with Crippen LogP contribution in [0.25, 0.3) is 0 Å². The molecule has 0 amide bonds. The summed E-state index contributed by atoms with van der Waals surface area (Å²) >= 11 is 0. The van der Waals surface area contributed by atoms with E-state index < -0.39 is 17.7 Å². The van der Waals surface area contributed by atoms with Crippen molar-refractivity contribution >= 4 is 23.7 Å². The summed E-state index contributed by atoms with van der Waals surface area (Å²) in [5, 5.41) is 17.4. The number of carbonyl (C=O) groups excluding carboxylic acids is 2. The molecule has 0 bridgehead atoms. The van der Waals surface area contributed by atoms with Crippen molar-refractivity contribution in [3.05, 3.63) is 0 Å². The van der Waals surface area contributed by atoms with Gasteiger partial charge in [0, 0.05) is 6.92 Å². The zero-order chi connectivity index (χ0) is 12.6. The van der Waals surface area contributed by atoms with Crippen LogP contribution < -0.4 is 16.6 Å². The molecule has 0 aromatic heterocycles. The maximum Gasteiger partial charge on any atom is 0.341 e. The number of likely N-dealkylation sites (N-methyl/N-ethyl adjacent to an activating group) is 1. The lowest BCUT2D eigenvalue weighted by Crippen LogP contribution is -2.36. The lowest BCUT2D eigenvalue weighted by Gasteiger charge is -1.95. The molecule has 0 rings (SSSR count). The summed E-state index contributed by atoms with van der Waals surface area (Å²) in [7, 11) is 1.50. The number of carboxylic acid groups (broad SMARTS) is 2. The van der Waals surface area contributed by atoms with E-state index in [1.165, 1.54) is 11.6 Å². The predicted molar refractivity (Wildman–Crippen MR) is 47.8 cm³/mol. The minimum absolute atomic E-state index is 0.0115. The molecule has 8 nitrogen and oxygen atoms in total. The Bertz CT molecular complexity index is 281. The van der Waals surface area contributed by atoms with Crippen LogP contribution in [-0.4, -0.2) is 47.0 Å². The molecular weight excluding hydrogens is 206 g/mol. The molecule has 0 fully saturated rings. The lowest BCUT2D eigenvalue weighted by atomic mass is 10.5. The van der Waals surface area contributed by atoms with E-state index in [2.05, 4.69) is 0 Å². The highest BCUT2D eigenvalue weighted by Crippen LogP contribution is 1.66. The normalized spacial score (nSPS) is 8.13. The fourth-order valence-corrected chi connectivity index (χ4v) is 0.294. The zero-order valence-electron chi connectivity index (χ0n) is 8.39. The number of nitrogens with two attached hydrogens (primary N) is 2. The van der Waals surface area contributed by atoms with Crippen molar-refractivity contribution in [2.75, 3.05) is 13.6 Å². The van der Waals surface area contributed by atoms with Gasteiger partial charge in [-0.15, -0.1) is 0 Å². The van der Waals surface area contributed by atoms with Crippen molar-refractivity contribution in [1.82, 2.24) is 0 Å². The average Bonchev–Trinajstić information content (AvgIpc) is 2.03. The second-order valence-electron chi connectivity index (χ2n) is 2.52. The Morgan fingerprint density at radius 2 is 1.67 bits per heavy atom. The molecule has 15 heavy (non-hydrogen) atoms. The molecule has 0 unspecified atom stereocenters. The summed E-state index contributed by atoms with van der Waals surface area (Å²) in [6.07, 6.45) is 0. The summed E-state index contributed by atoms with van der Waals surface area (Å²) in [6, 6.07) is 0. The minimum atomic E-state index is -1.63. The first-order valence-electron chi connectivity index (χ1n) is 3.71. The third kappa shape index (κ3) is 11.9. The number of nitrogens with zero attached hydrogens (tertiary/aromatic N) is 1. The largest absolute Gasteiger partial charge is 0.542 e. The second kappa shape index (κ2) is 7.30. The van der Waals surface area contributed by atoms with Gasteiger partial charge < -0.3 is 15.0 Å². The number of hydrogen-bond donors (Lipinski definition) is 3. The number of rotatable bonds is 3. The molecule has 0 aliphatic heterocycles. The van der Waals surface area contributed by atoms with Gasteiger partial charge in [-0.1, -0.05) is 0 Å². The molecule has 8 heteroatoms. The number of Topliss-reactive ketones (excluding diaryl/α,β-unsaturated/α-hetero) is 1.